The molecule has 0 unspecified atom stereocenters. The molecule has 72 valence electrons. The van der Waals surface area contributed by atoms with Crippen molar-refractivity contribution in [3.05, 3.63) is 22.4 Å². The van der Waals surface area contributed by atoms with E-state index in [0.29, 0.717) is 0 Å². The monoisotopic (exact) mass is 197 g/mol. The third-order valence-electron chi connectivity index (χ3n) is 2.49. The lowest BCUT2D eigenvalue weighted by Gasteiger charge is -2.29. The summed E-state index contributed by atoms with van der Waals surface area (Å²) in [5, 5.41) is 7.14. The van der Waals surface area contributed by atoms with Crippen LogP contribution in [0.5, 0.6) is 0 Å². The maximum Gasteiger partial charge on any atom is 0.137 e. The first-order chi connectivity index (χ1) is 6.12. The number of thiophene rings is 1. The third-order valence-corrected chi connectivity index (χ3v) is 3.17. The topological polar surface area (TPSA) is 29.1 Å². The van der Waals surface area contributed by atoms with Crippen molar-refractivity contribution in [3.63, 3.8) is 0 Å². The quantitative estimate of drug-likeness (QED) is 0.746. The van der Waals surface area contributed by atoms with Gasteiger partial charge in [0.05, 0.1) is 6.04 Å². The lowest BCUT2D eigenvalue weighted by atomic mass is 9.80. The Morgan fingerprint density at radius 2 is 2.31 bits per heavy atom. The van der Waals surface area contributed by atoms with E-state index >= 15 is 0 Å². The molecular weight excluding hydrogens is 182 g/mol. The first kappa shape index (κ1) is 10.4. The fraction of sp³-hybridized carbons (Fsp3) is 0.500. The zero-order valence-electron chi connectivity index (χ0n) is 8.20. The number of aldehydes is 1. The molecule has 0 amide bonds. The van der Waals surface area contributed by atoms with Gasteiger partial charge in [0.1, 0.15) is 6.29 Å². The van der Waals surface area contributed by atoms with Gasteiger partial charge >= 0.3 is 0 Å². The highest BCUT2D eigenvalue weighted by Gasteiger charge is 2.30. The first-order valence-corrected chi connectivity index (χ1v) is 5.22. The molecular formula is C10H15NOS. The van der Waals surface area contributed by atoms with Gasteiger partial charge < -0.3 is 10.1 Å². The van der Waals surface area contributed by atoms with Gasteiger partial charge in [0.2, 0.25) is 0 Å². The molecule has 1 heterocycles. The second-order valence-electron chi connectivity index (χ2n) is 3.64. The normalized spacial score (nSPS) is 14.1. The van der Waals surface area contributed by atoms with Gasteiger partial charge in [-0.2, -0.15) is 11.3 Å². The Morgan fingerprint density at radius 1 is 1.62 bits per heavy atom. The van der Waals surface area contributed by atoms with Gasteiger partial charge in [0.15, 0.2) is 0 Å². The van der Waals surface area contributed by atoms with Crippen LogP contribution in [0.15, 0.2) is 16.8 Å². The van der Waals surface area contributed by atoms with Gasteiger partial charge in [-0.1, -0.05) is 13.8 Å². The summed E-state index contributed by atoms with van der Waals surface area (Å²) in [5.74, 6) is 0. The van der Waals surface area contributed by atoms with Crippen molar-refractivity contribution >= 4 is 17.6 Å². The SMILES string of the molecule is CN[C@H](C=O)C(C)(C)c1ccsc1. The third kappa shape index (κ3) is 1.98. The molecule has 1 aromatic heterocycles. The second-order valence-corrected chi connectivity index (χ2v) is 4.42. The predicted molar refractivity (Wildman–Crippen MR) is 56.3 cm³/mol. The van der Waals surface area contributed by atoms with Gasteiger partial charge in [-0.05, 0) is 29.4 Å². The molecule has 0 radical (unpaired) electrons. The van der Waals surface area contributed by atoms with E-state index in [4.69, 9.17) is 0 Å². The molecule has 1 rings (SSSR count). The van der Waals surface area contributed by atoms with Gasteiger partial charge in [-0.3, -0.25) is 0 Å². The molecule has 2 nitrogen and oxygen atoms in total. The van der Waals surface area contributed by atoms with Crippen molar-refractivity contribution in [2.45, 2.75) is 25.3 Å². The molecule has 1 aromatic rings. The molecule has 0 bridgehead atoms. The minimum absolute atomic E-state index is 0.123. The van der Waals surface area contributed by atoms with Crippen LogP contribution in [0, 0.1) is 0 Å². The Hall–Kier alpha value is -0.670. The lowest BCUT2D eigenvalue weighted by Crippen LogP contribution is -2.44. The van der Waals surface area contributed by atoms with E-state index in [-0.39, 0.29) is 11.5 Å². The molecule has 0 aliphatic rings. The number of likely N-dealkylation sites (N-methyl/N-ethyl adjacent to an activating group) is 1. The summed E-state index contributed by atoms with van der Waals surface area (Å²) in [5.41, 5.74) is 1.08. The van der Waals surface area contributed by atoms with Gasteiger partial charge in [0.25, 0.3) is 0 Å². The zero-order valence-corrected chi connectivity index (χ0v) is 9.02. The fourth-order valence-corrected chi connectivity index (χ4v) is 2.24. The minimum Gasteiger partial charge on any atom is -0.310 e. The number of hydrogen-bond donors (Lipinski definition) is 1. The Bertz CT molecular complexity index is 266. The number of carbonyl (C=O) groups is 1. The Morgan fingerprint density at radius 3 is 2.69 bits per heavy atom. The summed E-state index contributed by atoms with van der Waals surface area (Å²) >= 11 is 1.66. The van der Waals surface area contributed by atoms with Crippen LogP contribution in [0.4, 0.5) is 0 Å². The Kier molecular flexibility index (Phi) is 3.22. The van der Waals surface area contributed by atoms with E-state index in [2.05, 4.69) is 30.6 Å². The molecule has 0 fully saturated rings. The molecule has 0 spiro atoms. The van der Waals surface area contributed by atoms with Crippen molar-refractivity contribution in [3.8, 4) is 0 Å². The van der Waals surface area contributed by atoms with Gasteiger partial charge in [0, 0.05) is 5.41 Å². The number of rotatable bonds is 4. The summed E-state index contributed by atoms with van der Waals surface area (Å²) in [6, 6.07) is 1.94. The average Bonchev–Trinajstić information content (AvgIpc) is 2.58. The van der Waals surface area contributed by atoms with E-state index in [1.165, 1.54) is 5.56 Å². The van der Waals surface area contributed by atoms with Crippen molar-refractivity contribution in [1.82, 2.24) is 5.32 Å². The minimum atomic E-state index is -0.128. The Balaban J connectivity index is 2.93. The first-order valence-electron chi connectivity index (χ1n) is 4.28. The fourth-order valence-electron chi connectivity index (χ4n) is 1.41. The summed E-state index contributed by atoms with van der Waals surface area (Å²) in [4.78, 5) is 10.8. The van der Waals surface area contributed by atoms with E-state index < -0.39 is 0 Å². The highest BCUT2D eigenvalue weighted by atomic mass is 32.1. The van der Waals surface area contributed by atoms with Crippen molar-refractivity contribution in [1.29, 1.82) is 0 Å². The predicted octanol–water partition coefficient (Wildman–Crippen LogP) is 1.81. The van der Waals surface area contributed by atoms with Gasteiger partial charge in [-0.25, -0.2) is 0 Å². The molecule has 13 heavy (non-hydrogen) atoms. The number of hydrogen-bond acceptors (Lipinski definition) is 3. The average molecular weight is 197 g/mol. The van der Waals surface area contributed by atoms with Crippen LogP contribution in [-0.4, -0.2) is 19.4 Å². The molecule has 0 saturated heterocycles. The molecule has 0 aliphatic carbocycles. The molecule has 1 N–H and O–H groups in total. The molecule has 0 aromatic carbocycles. The van der Waals surface area contributed by atoms with Crippen molar-refractivity contribution < 1.29 is 4.79 Å². The smallest absolute Gasteiger partial charge is 0.137 e. The number of carbonyl (C=O) groups excluding carboxylic acids is 1. The Labute approximate surface area is 83.0 Å². The van der Waals surface area contributed by atoms with Crippen LogP contribution in [0.1, 0.15) is 19.4 Å². The van der Waals surface area contributed by atoms with E-state index in [0.717, 1.165) is 6.29 Å². The van der Waals surface area contributed by atoms with Crippen molar-refractivity contribution in [2.24, 2.45) is 0 Å². The van der Waals surface area contributed by atoms with E-state index in [9.17, 15) is 4.79 Å². The molecule has 1 atom stereocenters. The van der Waals surface area contributed by atoms with Crippen LogP contribution >= 0.6 is 11.3 Å². The maximum atomic E-state index is 10.8. The van der Waals surface area contributed by atoms with Crippen LogP contribution in [0.2, 0.25) is 0 Å². The summed E-state index contributed by atoms with van der Waals surface area (Å²) < 4.78 is 0. The van der Waals surface area contributed by atoms with Crippen molar-refractivity contribution in [2.75, 3.05) is 7.05 Å². The van der Waals surface area contributed by atoms with E-state index in [1.54, 1.807) is 11.3 Å². The zero-order chi connectivity index (χ0) is 9.90. The van der Waals surface area contributed by atoms with Gasteiger partial charge in [-0.15, -0.1) is 0 Å². The summed E-state index contributed by atoms with van der Waals surface area (Å²) in [7, 11) is 1.81. The largest absolute Gasteiger partial charge is 0.310 e. The highest BCUT2D eigenvalue weighted by Crippen LogP contribution is 2.27. The van der Waals surface area contributed by atoms with Crippen LogP contribution < -0.4 is 5.32 Å². The second kappa shape index (κ2) is 4.03. The van der Waals surface area contributed by atoms with Crippen LogP contribution in [-0.2, 0) is 10.2 Å². The van der Waals surface area contributed by atoms with Crippen LogP contribution in [0.25, 0.3) is 0 Å². The standard InChI is InChI=1S/C10H15NOS/c1-10(2,9(6-12)11-3)8-4-5-13-7-8/h4-7,9,11H,1-3H3/t9-/m1/s1. The van der Waals surface area contributed by atoms with Crippen LogP contribution in [0.3, 0.4) is 0 Å². The number of nitrogens with one attached hydrogen (secondary N) is 1. The summed E-state index contributed by atoms with van der Waals surface area (Å²) in [6.07, 6.45) is 0.970. The summed E-state index contributed by atoms with van der Waals surface area (Å²) in [6.45, 7) is 4.15. The van der Waals surface area contributed by atoms with E-state index in [1.807, 2.05) is 12.4 Å². The highest BCUT2D eigenvalue weighted by molar-refractivity contribution is 7.08. The maximum absolute atomic E-state index is 10.8. The lowest BCUT2D eigenvalue weighted by molar-refractivity contribution is -0.110. The molecule has 0 aliphatic heterocycles. The molecule has 0 saturated carbocycles. The molecule has 3 heteroatoms.